The van der Waals surface area contributed by atoms with Crippen LogP contribution in [-0.2, 0) is 59.9 Å². The van der Waals surface area contributed by atoms with Crippen LogP contribution >= 0.6 is 45.6 Å². The molecule has 0 fully saturated rings. The van der Waals surface area contributed by atoms with E-state index < -0.39 is 74.7 Å². The van der Waals surface area contributed by atoms with Crippen LogP contribution in [0, 0.1) is 0 Å². The Kier molecular flexibility index (Phi) is 21.1. The minimum atomic E-state index is -0.642. The molecule has 0 saturated heterocycles. The van der Waals surface area contributed by atoms with Crippen molar-refractivity contribution in [1.82, 2.24) is 0 Å². The number of halogens is 1. The van der Waals surface area contributed by atoms with Gasteiger partial charge in [0.2, 0.25) is 0 Å². The number of phenolic OH excluding ortho intramolecular Hbond substituents is 1. The average molecular weight is 1260 g/mol. The fourth-order valence-electron chi connectivity index (χ4n) is 10.7. The van der Waals surface area contributed by atoms with E-state index in [-0.39, 0.29) is 47.0 Å². The highest BCUT2D eigenvalue weighted by atomic mass is 35.5. The molecule has 3 aliphatic heterocycles. The number of hydrogen-bond acceptors (Lipinski definition) is 18. The van der Waals surface area contributed by atoms with Gasteiger partial charge in [0, 0.05) is 47.7 Å². The summed E-state index contributed by atoms with van der Waals surface area (Å²) >= 11 is 9.23. The predicted octanol–water partition coefficient (Wildman–Crippen LogP) is 11.6. The van der Waals surface area contributed by atoms with Crippen molar-refractivity contribution in [2.24, 2.45) is 17.2 Å². The number of nitrogen functional groups attached to an aromatic ring is 1. The molecule has 0 bridgehead atoms. The van der Waals surface area contributed by atoms with E-state index in [0.717, 1.165) is 31.3 Å². The summed E-state index contributed by atoms with van der Waals surface area (Å²) in [4.78, 5) is 96.9. The number of amides is 5. The lowest BCUT2D eigenvalue weighted by molar-refractivity contribution is -0.136. The molecular formula is C62H75ClN6O14S3. The van der Waals surface area contributed by atoms with Crippen molar-refractivity contribution in [3.63, 3.8) is 0 Å². The van der Waals surface area contributed by atoms with Crippen molar-refractivity contribution in [1.29, 1.82) is 0 Å². The maximum absolute atomic E-state index is 12.9. The van der Waals surface area contributed by atoms with E-state index in [1.807, 2.05) is 83.1 Å². The summed E-state index contributed by atoms with van der Waals surface area (Å²) in [6.07, 6.45) is 1.69. The van der Waals surface area contributed by atoms with Crippen LogP contribution in [-0.4, -0.2) is 68.6 Å². The number of para-hydroxylation sites is 3. The van der Waals surface area contributed by atoms with E-state index in [1.54, 1.807) is 42.5 Å². The van der Waals surface area contributed by atoms with Gasteiger partial charge >= 0.3 is 11.9 Å². The van der Waals surface area contributed by atoms with Gasteiger partial charge in [0.1, 0.15) is 27.3 Å². The topological polar surface area (TPSA) is 331 Å². The number of rotatable bonds is 10. The normalized spacial score (nSPS) is 16.4. The van der Waals surface area contributed by atoms with E-state index in [1.165, 1.54) is 78.2 Å². The Labute approximate surface area is 517 Å². The summed E-state index contributed by atoms with van der Waals surface area (Å²) in [5, 5.41) is 16.0. The quantitative estimate of drug-likeness (QED) is 0.0381. The van der Waals surface area contributed by atoms with E-state index >= 15 is 0 Å². The number of phenols is 1. The first-order valence-electron chi connectivity index (χ1n) is 26.6. The van der Waals surface area contributed by atoms with Crippen molar-refractivity contribution >= 4 is 107 Å². The molecule has 6 aromatic rings. The number of carbonyl (C=O) groups is 8. The van der Waals surface area contributed by atoms with E-state index in [2.05, 4.69) is 10.6 Å². The summed E-state index contributed by atoms with van der Waals surface area (Å²) in [5.74, 6) is -3.46. The number of nitrogens with two attached hydrogens (primary N) is 4. The highest BCUT2D eigenvalue weighted by Crippen LogP contribution is 2.51. The molecule has 0 unspecified atom stereocenters. The second-order valence-corrected chi connectivity index (χ2v) is 26.9. The van der Waals surface area contributed by atoms with Gasteiger partial charge in [-0.05, 0) is 148 Å². The molecule has 9 rings (SSSR count). The van der Waals surface area contributed by atoms with Gasteiger partial charge in [-0.1, -0.05) is 43.8 Å². The van der Waals surface area contributed by atoms with Crippen LogP contribution < -0.4 is 43.0 Å². The van der Waals surface area contributed by atoms with Crippen molar-refractivity contribution in [2.45, 2.75) is 157 Å². The molecule has 0 spiro atoms. The Morgan fingerprint density at radius 3 is 1.17 bits per heavy atom. The molecular weight excluding hydrogens is 1180 g/mol. The van der Waals surface area contributed by atoms with Crippen molar-refractivity contribution in [3.05, 3.63) is 137 Å². The largest absolute Gasteiger partial charge is 0.507 e. The third-order valence-corrected chi connectivity index (χ3v) is 17.6. The summed E-state index contributed by atoms with van der Waals surface area (Å²) in [5.41, 5.74) is 23.9. The molecule has 462 valence electrons. The van der Waals surface area contributed by atoms with Gasteiger partial charge in [-0.2, -0.15) is 0 Å². The zero-order chi connectivity index (χ0) is 63.7. The molecule has 3 aromatic heterocycles. The van der Waals surface area contributed by atoms with E-state index in [0.29, 0.717) is 51.0 Å². The fraction of sp³-hybridized carbons (Fsp3) is 0.387. The average Bonchev–Trinajstić information content (AvgIpc) is 1.68. The Morgan fingerprint density at radius 2 is 0.814 bits per heavy atom. The minimum absolute atomic E-state index is 0. The van der Waals surface area contributed by atoms with Gasteiger partial charge in [0.05, 0.1) is 72.0 Å². The standard InChI is InChI=1S/C21H24N2O5S.C19H22N2O4S.C12H18N2O2S.C9H7ClO3.CH4/c1-11(24)27-14-9-7-6-8-12(14)18(26)23-19-15(17(22)25)13-10-20(2,3)28-21(4,5)16(13)29-19;1-18(2)9-11-13(15(20)23)17(26-14(11)19(3,4)25-18)21-16(24)10-7-5-6-8-12(10)22;1-11(2)5-6-7(9(13)15)10(14)17-8(6)12(3,4)16-11;1-6(11)13-8-5-3-2-4-7(8)9(10)12;/h6-9H,10H2,1-5H3,(H2,22,25)(H,23,26);5-8,22H,9H2,1-4H3,(H2,20,23)(H,21,24);5,14H2,1-4H3,(H2,13,15);2-5H,1H3;1H4. The number of thiophene rings is 3. The molecule has 24 heteroatoms. The second kappa shape index (κ2) is 26.2. The number of ether oxygens (including phenoxy) is 5. The maximum atomic E-state index is 12.9. The Hall–Kier alpha value is -7.51. The molecule has 5 amide bonds. The van der Waals surface area contributed by atoms with Crippen molar-refractivity contribution < 1.29 is 67.1 Å². The van der Waals surface area contributed by atoms with Gasteiger partial charge in [-0.3, -0.25) is 38.4 Å². The summed E-state index contributed by atoms with van der Waals surface area (Å²) < 4.78 is 28.2. The Bertz CT molecular complexity index is 3650. The number of esters is 2. The van der Waals surface area contributed by atoms with Gasteiger partial charge < -0.3 is 62.4 Å². The molecule has 11 N–H and O–H groups in total. The molecule has 0 saturated carbocycles. The number of aromatic hydroxyl groups is 1. The summed E-state index contributed by atoms with van der Waals surface area (Å²) in [7, 11) is 0. The highest BCUT2D eigenvalue weighted by Gasteiger charge is 2.46. The summed E-state index contributed by atoms with van der Waals surface area (Å²) in [6, 6.07) is 18.9. The number of fused-ring (bicyclic) bond motifs is 3. The third-order valence-electron chi connectivity index (χ3n) is 13.2. The summed E-state index contributed by atoms with van der Waals surface area (Å²) in [6.45, 7) is 26.1. The molecule has 0 atom stereocenters. The first-order valence-corrected chi connectivity index (χ1v) is 29.4. The highest BCUT2D eigenvalue weighted by molar-refractivity contribution is 7.17. The van der Waals surface area contributed by atoms with Crippen LogP contribution in [0.3, 0.4) is 0 Å². The molecule has 0 radical (unpaired) electrons. The van der Waals surface area contributed by atoms with Gasteiger partial charge in [0.25, 0.3) is 34.8 Å². The first-order chi connectivity index (χ1) is 39.2. The van der Waals surface area contributed by atoms with Crippen molar-refractivity contribution in [2.75, 3.05) is 16.4 Å². The van der Waals surface area contributed by atoms with Gasteiger partial charge in [0.15, 0.2) is 0 Å². The third kappa shape index (κ3) is 16.1. The number of primary amides is 3. The van der Waals surface area contributed by atoms with E-state index in [9.17, 15) is 43.5 Å². The zero-order valence-electron chi connectivity index (χ0n) is 49.7. The molecule has 20 nitrogen and oxygen atoms in total. The van der Waals surface area contributed by atoms with Crippen LogP contribution in [0.4, 0.5) is 15.0 Å². The minimum Gasteiger partial charge on any atom is -0.507 e. The van der Waals surface area contributed by atoms with Crippen molar-refractivity contribution in [3.8, 4) is 17.2 Å². The SMILES string of the molecule is C.CC(=O)Oc1ccccc1C(=O)Cl.CC(=O)Oc1ccccc1C(=O)Nc1sc2c(c1C(N)=O)CC(C)(C)OC2(C)C.CC1(C)Cc2c(sc(N)c2C(N)=O)C(C)(C)O1.CC1(C)Cc2c(sc(NC(=O)c3ccccc3O)c2C(N)=O)C(C)(C)O1. The second-order valence-electron chi connectivity index (χ2n) is 23.5. The van der Waals surface area contributed by atoms with Crippen LogP contribution in [0.15, 0.2) is 72.8 Å². The number of hydrogen-bond donors (Lipinski definition) is 7. The van der Waals surface area contributed by atoms with Gasteiger partial charge in [-0.15, -0.1) is 34.0 Å². The van der Waals surface area contributed by atoms with Crippen LogP contribution in [0.5, 0.6) is 17.2 Å². The zero-order valence-corrected chi connectivity index (χ0v) is 52.9. The number of carbonyl (C=O) groups excluding carboxylic acids is 8. The first kappa shape index (κ1) is 69.3. The lowest BCUT2D eigenvalue weighted by Crippen LogP contribution is -2.42. The fourth-order valence-corrected chi connectivity index (χ4v) is 14.5. The lowest BCUT2D eigenvalue weighted by atomic mass is 9.86. The number of benzene rings is 3. The molecule has 3 aliphatic rings. The monoisotopic (exact) mass is 1260 g/mol. The lowest BCUT2D eigenvalue weighted by Gasteiger charge is -2.41. The Balaban J connectivity index is 0.000000217. The molecule has 3 aromatic carbocycles. The molecule has 86 heavy (non-hydrogen) atoms. The molecule has 6 heterocycles. The number of nitrogens with one attached hydrogen (secondary N) is 2. The van der Waals surface area contributed by atoms with Crippen LogP contribution in [0.1, 0.15) is 198 Å². The Morgan fingerprint density at radius 1 is 0.500 bits per heavy atom. The predicted molar refractivity (Wildman–Crippen MR) is 335 cm³/mol. The van der Waals surface area contributed by atoms with E-state index in [4.69, 9.17) is 58.2 Å². The maximum Gasteiger partial charge on any atom is 0.308 e. The van der Waals surface area contributed by atoms with Gasteiger partial charge in [-0.25, -0.2) is 0 Å². The van der Waals surface area contributed by atoms with Crippen LogP contribution in [0.2, 0.25) is 0 Å². The molecule has 0 aliphatic carbocycles. The smallest absolute Gasteiger partial charge is 0.308 e. The van der Waals surface area contributed by atoms with Crippen LogP contribution in [0.25, 0.3) is 0 Å². The number of anilines is 3.